The van der Waals surface area contributed by atoms with E-state index in [1.165, 1.54) is 31.1 Å². The van der Waals surface area contributed by atoms with E-state index in [0.29, 0.717) is 19.1 Å². The fourth-order valence-corrected chi connectivity index (χ4v) is 1.93. The molecule has 0 amide bonds. The first-order valence-electron chi connectivity index (χ1n) is 11.0. The number of hydrogen-bond donors (Lipinski definition) is 1. The molecule has 8 heteroatoms. The molecule has 0 aromatic carbocycles. The molecule has 0 saturated carbocycles. The van der Waals surface area contributed by atoms with Gasteiger partial charge in [0.05, 0.1) is 25.9 Å². The molecule has 0 heterocycles. The molecule has 1 unspecified atom stereocenters. The van der Waals surface area contributed by atoms with E-state index in [0.717, 1.165) is 38.0 Å². The number of carboxylic acids is 1. The third-order valence-corrected chi connectivity index (χ3v) is 3.84. The van der Waals surface area contributed by atoms with Crippen molar-refractivity contribution in [3.8, 4) is 0 Å². The Balaban J connectivity index is -0.000000416. The van der Waals surface area contributed by atoms with E-state index >= 15 is 0 Å². The third-order valence-electron chi connectivity index (χ3n) is 3.84. The van der Waals surface area contributed by atoms with Crippen molar-refractivity contribution in [2.45, 2.75) is 65.7 Å². The number of carbonyl (C=O) groups is 4. The van der Waals surface area contributed by atoms with Crippen molar-refractivity contribution >= 4 is 23.9 Å². The van der Waals surface area contributed by atoms with E-state index in [1.54, 1.807) is 0 Å². The molecule has 0 aromatic rings. The van der Waals surface area contributed by atoms with Crippen molar-refractivity contribution in [2.24, 2.45) is 5.92 Å². The monoisotopic (exact) mass is 468 g/mol. The van der Waals surface area contributed by atoms with Crippen molar-refractivity contribution in [3.05, 3.63) is 50.3 Å². The first-order chi connectivity index (χ1) is 15.7. The number of hydrogen-bond acceptors (Lipinski definition) is 7. The van der Waals surface area contributed by atoms with E-state index in [1.807, 2.05) is 6.92 Å². The van der Waals surface area contributed by atoms with Crippen LogP contribution in [-0.4, -0.2) is 42.2 Å². The minimum Gasteiger partial charge on any atom is -0.478 e. The van der Waals surface area contributed by atoms with Crippen molar-refractivity contribution in [3.63, 3.8) is 0 Å². The van der Waals surface area contributed by atoms with Gasteiger partial charge in [-0.2, -0.15) is 0 Å². The molecule has 1 N–H and O–H groups in total. The summed E-state index contributed by atoms with van der Waals surface area (Å²) in [5, 5.41) is 8.10. The highest BCUT2D eigenvalue weighted by molar-refractivity contribution is 5.82. The van der Waals surface area contributed by atoms with Crippen LogP contribution in [0.15, 0.2) is 50.3 Å². The van der Waals surface area contributed by atoms with Crippen LogP contribution in [0, 0.1) is 5.92 Å². The van der Waals surface area contributed by atoms with Gasteiger partial charge in [0.1, 0.15) is 0 Å². The Hall–Kier alpha value is -3.16. The van der Waals surface area contributed by atoms with Gasteiger partial charge in [-0.15, -0.1) is 0 Å². The SMILES string of the molecule is C=CC(=O)OCC(CC)CCCC.C=CC(=O)OCCCC.C=COC(=O)CC=CC(=O)O. The standard InChI is InChI=1S/C11H20O2.C7H8O4.C7H12O2/c1-4-7-8-10(5-2)9-13-11(12)6-3;1-2-11-7(10)5-3-4-6(8)9;1-3-5-6-9-7(8)4-2/h6,10H,3-5,7-9H2,1-2H3;2-4H,1,5H2,(H,8,9);4H,2-3,5-6H2,1H3. The second-order valence-electron chi connectivity index (χ2n) is 6.58. The second-order valence-corrected chi connectivity index (χ2v) is 6.58. The summed E-state index contributed by atoms with van der Waals surface area (Å²) in [5.74, 6) is -1.74. The summed E-state index contributed by atoms with van der Waals surface area (Å²) in [5.41, 5.74) is 0. The lowest BCUT2D eigenvalue weighted by atomic mass is 10.0. The highest BCUT2D eigenvalue weighted by Gasteiger charge is 2.07. The molecule has 0 aliphatic carbocycles. The van der Waals surface area contributed by atoms with Crippen molar-refractivity contribution < 1.29 is 38.5 Å². The molecule has 0 aromatic heterocycles. The highest BCUT2D eigenvalue weighted by atomic mass is 16.5. The predicted octanol–water partition coefficient (Wildman–Crippen LogP) is 5.15. The first kappa shape index (κ1) is 34.5. The van der Waals surface area contributed by atoms with Crippen molar-refractivity contribution in [1.29, 1.82) is 0 Å². The minimum atomic E-state index is -1.09. The van der Waals surface area contributed by atoms with Gasteiger partial charge in [0.2, 0.25) is 0 Å². The zero-order chi connectivity index (χ0) is 25.9. The lowest BCUT2D eigenvalue weighted by molar-refractivity contribution is -0.139. The molecule has 0 aliphatic rings. The maximum atomic E-state index is 10.8. The zero-order valence-electron chi connectivity index (χ0n) is 20.3. The Labute approximate surface area is 198 Å². The Morgan fingerprint density at radius 2 is 1.48 bits per heavy atom. The van der Waals surface area contributed by atoms with E-state index < -0.39 is 11.9 Å². The Morgan fingerprint density at radius 1 is 0.909 bits per heavy atom. The summed E-state index contributed by atoms with van der Waals surface area (Å²) in [6, 6.07) is 0. The fourth-order valence-electron chi connectivity index (χ4n) is 1.93. The maximum absolute atomic E-state index is 10.8. The molecule has 0 fully saturated rings. The molecule has 0 aliphatic heterocycles. The van der Waals surface area contributed by atoms with Crippen LogP contribution < -0.4 is 0 Å². The highest BCUT2D eigenvalue weighted by Crippen LogP contribution is 2.12. The average Bonchev–Trinajstić information content (AvgIpc) is 2.79. The van der Waals surface area contributed by atoms with E-state index in [9.17, 15) is 19.2 Å². The number of rotatable bonds is 15. The van der Waals surface area contributed by atoms with Gasteiger partial charge in [-0.3, -0.25) is 4.79 Å². The largest absolute Gasteiger partial charge is 0.478 e. The van der Waals surface area contributed by atoms with Crippen LogP contribution in [-0.2, 0) is 33.4 Å². The van der Waals surface area contributed by atoms with Crippen LogP contribution in [0.4, 0.5) is 0 Å². The Bertz CT molecular complexity index is 608. The van der Waals surface area contributed by atoms with E-state index in [-0.39, 0.29) is 18.4 Å². The molecule has 8 nitrogen and oxygen atoms in total. The molecule has 188 valence electrons. The van der Waals surface area contributed by atoms with Gasteiger partial charge in [-0.1, -0.05) is 72.3 Å². The molecular weight excluding hydrogens is 428 g/mol. The number of aliphatic carboxylic acids is 1. The molecule has 0 radical (unpaired) electrons. The smallest absolute Gasteiger partial charge is 0.330 e. The summed E-state index contributed by atoms with van der Waals surface area (Å²) in [6.07, 6.45) is 12.0. The second kappa shape index (κ2) is 26.9. The minimum absolute atomic E-state index is 0.0572. The average molecular weight is 469 g/mol. The van der Waals surface area contributed by atoms with Crippen LogP contribution in [0.3, 0.4) is 0 Å². The van der Waals surface area contributed by atoms with Crippen LogP contribution in [0.25, 0.3) is 0 Å². The Kier molecular flexibility index (Phi) is 28.1. The summed E-state index contributed by atoms with van der Waals surface area (Å²) in [4.78, 5) is 41.5. The number of unbranched alkanes of at least 4 members (excludes halogenated alkanes) is 2. The van der Waals surface area contributed by atoms with Gasteiger partial charge in [0, 0.05) is 18.2 Å². The summed E-state index contributed by atoms with van der Waals surface area (Å²) in [6.45, 7) is 17.2. The lowest BCUT2D eigenvalue weighted by Crippen LogP contribution is -2.12. The molecule has 0 saturated heterocycles. The van der Waals surface area contributed by atoms with Crippen molar-refractivity contribution in [1.82, 2.24) is 0 Å². The number of carbonyl (C=O) groups excluding carboxylic acids is 3. The topological polar surface area (TPSA) is 116 Å². The van der Waals surface area contributed by atoms with Gasteiger partial charge in [0.15, 0.2) is 0 Å². The zero-order valence-corrected chi connectivity index (χ0v) is 20.3. The van der Waals surface area contributed by atoms with Gasteiger partial charge in [0.25, 0.3) is 0 Å². The maximum Gasteiger partial charge on any atom is 0.330 e. The quantitative estimate of drug-likeness (QED) is 0.115. The van der Waals surface area contributed by atoms with Gasteiger partial charge in [-0.25, -0.2) is 14.4 Å². The predicted molar refractivity (Wildman–Crippen MR) is 128 cm³/mol. The molecule has 0 spiro atoms. The molecule has 1 atom stereocenters. The lowest BCUT2D eigenvalue weighted by Gasteiger charge is -2.13. The number of esters is 3. The third kappa shape index (κ3) is 31.1. The summed E-state index contributed by atoms with van der Waals surface area (Å²) >= 11 is 0. The van der Waals surface area contributed by atoms with Crippen LogP contribution in [0.2, 0.25) is 0 Å². The molecular formula is C25H40O8. The van der Waals surface area contributed by atoms with Crippen LogP contribution in [0.5, 0.6) is 0 Å². The fraction of sp³-hybridized carbons (Fsp3) is 0.520. The summed E-state index contributed by atoms with van der Waals surface area (Å²) < 4.78 is 14.0. The van der Waals surface area contributed by atoms with Crippen LogP contribution in [0.1, 0.15) is 65.7 Å². The van der Waals surface area contributed by atoms with Crippen LogP contribution >= 0.6 is 0 Å². The molecule has 0 bridgehead atoms. The number of carboxylic acid groups (broad SMARTS) is 1. The van der Waals surface area contributed by atoms with E-state index in [2.05, 4.69) is 43.1 Å². The Morgan fingerprint density at radius 3 is 1.94 bits per heavy atom. The summed E-state index contributed by atoms with van der Waals surface area (Å²) in [7, 11) is 0. The normalized spacial score (nSPS) is 10.3. The van der Waals surface area contributed by atoms with Gasteiger partial charge >= 0.3 is 23.9 Å². The first-order valence-corrected chi connectivity index (χ1v) is 11.0. The molecule has 0 rings (SSSR count). The number of ether oxygens (including phenoxy) is 3. The van der Waals surface area contributed by atoms with E-state index in [4.69, 9.17) is 9.84 Å². The van der Waals surface area contributed by atoms with Gasteiger partial charge < -0.3 is 19.3 Å². The molecule has 33 heavy (non-hydrogen) atoms. The van der Waals surface area contributed by atoms with Crippen molar-refractivity contribution in [2.75, 3.05) is 13.2 Å². The van der Waals surface area contributed by atoms with Gasteiger partial charge in [-0.05, 0) is 18.8 Å².